The maximum absolute atomic E-state index is 12.7. The zero-order chi connectivity index (χ0) is 18.4. The Balaban J connectivity index is 1.72. The predicted molar refractivity (Wildman–Crippen MR) is 103 cm³/mol. The van der Waals surface area contributed by atoms with Crippen LogP contribution in [-0.2, 0) is 17.9 Å². The highest BCUT2D eigenvalue weighted by molar-refractivity contribution is 5.79. The molecule has 0 aliphatic heterocycles. The van der Waals surface area contributed by atoms with Crippen LogP contribution in [0.1, 0.15) is 25.3 Å². The van der Waals surface area contributed by atoms with E-state index in [4.69, 9.17) is 0 Å². The number of nitrogens with zero attached hydrogens (tertiary/aromatic N) is 3. The molecule has 0 aliphatic carbocycles. The van der Waals surface area contributed by atoms with Gasteiger partial charge in [0, 0.05) is 24.9 Å². The number of aromatic nitrogens is 2. The summed E-state index contributed by atoms with van der Waals surface area (Å²) in [4.78, 5) is 26.5. The second-order valence-electron chi connectivity index (χ2n) is 6.30. The third kappa shape index (κ3) is 4.17. The first-order valence-electron chi connectivity index (χ1n) is 8.95. The summed E-state index contributed by atoms with van der Waals surface area (Å²) >= 11 is 0. The van der Waals surface area contributed by atoms with Gasteiger partial charge in [-0.2, -0.15) is 5.10 Å². The van der Waals surface area contributed by atoms with Crippen LogP contribution in [0.25, 0.3) is 10.9 Å². The van der Waals surface area contributed by atoms with Gasteiger partial charge in [0.15, 0.2) is 0 Å². The van der Waals surface area contributed by atoms with Crippen molar-refractivity contribution in [1.82, 2.24) is 14.7 Å². The molecule has 3 aromatic rings. The third-order valence-electron chi connectivity index (χ3n) is 4.36. The smallest absolute Gasteiger partial charge is 0.224 e. The van der Waals surface area contributed by atoms with Gasteiger partial charge in [-0.1, -0.05) is 49.4 Å². The average molecular weight is 349 g/mol. The molecule has 0 aliphatic rings. The van der Waals surface area contributed by atoms with E-state index in [1.807, 2.05) is 53.4 Å². The van der Waals surface area contributed by atoms with Crippen LogP contribution in [0.5, 0.6) is 0 Å². The number of hydrogen-bond donors (Lipinski definition) is 0. The maximum atomic E-state index is 12.7. The van der Waals surface area contributed by atoms with E-state index >= 15 is 0 Å². The lowest BCUT2D eigenvalue weighted by molar-refractivity contribution is -0.132. The van der Waals surface area contributed by atoms with E-state index in [0.29, 0.717) is 24.9 Å². The van der Waals surface area contributed by atoms with Crippen LogP contribution in [0.2, 0.25) is 0 Å². The molecule has 5 nitrogen and oxygen atoms in total. The molecule has 0 N–H and O–H groups in total. The number of aryl methyl sites for hydroxylation is 1. The van der Waals surface area contributed by atoms with Gasteiger partial charge in [0.25, 0.3) is 0 Å². The Morgan fingerprint density at radius 3 is 2.58 bits per heavy atom. The second-order valence-corrected chi connectivity index (χ2v) is 6.30. The van der Waals surface area contributed by atoms with Gasteiger partial charge >= 0.3 is 0 Å². The number of fused-ring (bicyclic) bond motifs is 1. The highest BCUT2D eigenvalue weighted by atomic mass is 16.2. The lowest BCUT2D eigenvalue weighted by atomic mass is 10.2. The van der Waals surface area contributed by atoms with E-state index < -0.39 is 0 Å². The normalized spacial score (nSPS) is 10.8. The topological polar surface area (TPSA) is 55.2 Å². The van der Waals surface area contributed by atoms with Gasteiger partial charge in [0.1, 0.15) is 0 Å². The van der Waals surface area contributed by atoms with Crippen molar-refractivity contribution in [2.45, 2.75) is 32.9 Å². The van der Waals surface area contributed by atoms with Crippen molar-refractivity contribution in [3.63, 3.8) is 0 Å². The van der Waals surface area contributed by atoms with E-state index in [0.717, 1.165) is 24.0 Å². The molecule has 5 heteroatoms. The van der Waals surface area contributed by atoms with Crippen molar-refractivity contribution in [3.8, 4) is 0 Å². The maximum Gasteiger partial charge on any atom is 0.224 e. The van der Waals surface area contributed by atoms with Gasteiger partial charge in [-0.3, -0.25) is 14.3 Å². The highest BCUT2D eigenvalue weighted by Gasteiger charge is 2.14. The van der Waals surface area contributed by atoms with Gasteiger partial charge in [-0.15, -0.1) is 0 Å². The van der Waals surface area contributed by atoms with Crippen molar-refractivity contribution >= 4 is 16.8 Å². The molecule has 1 amide bonds. The molecule has 0 atom stereocenters. The molecule has 0 spiro atoms. The minimum Gasteiger partial charge on any atom is -0.338 e. The van der Waals surface area contributed by atoms with E-state index in [1.165, 1.54) is 6.20 Å². The molecule has 0 radical (unpaired) electrons. The molecule has 1 heterocycles. The first-order valence-corrected chi connectivity index (χ1v) is 8.95. The molecule has 134 valence electrons. The van der Waals surface area contributed by atoms with E-state index in [-0.39, 0.29) is 11.3 Å². The molecule has 0 unspecified atom stereocenters. The van der Waals surface area contributed by atoms with Crippen LogP contribution in [-0.4, -0.2) is 27.1 Å². The Morgan fingerprint density at radius 1 is 1.08 bits per heavy atom. The Labute approximate surface area is 152 Å². The molecule has 0 fully saturated rings. The van der Waals surface area contributed by atoms with Crippen LogP contribution in [0.4, 0.5) is 0 Å². The van der Waals surface area contributed by atoms with Crippen LogP contribution < -0.4 is 5.43 Å². The zero-order valence-electron chi connectivity index (χ0n) is 15.0. The standard InChI is InChI=1S/C21H23N3O2/c1-2-13-23(16-17-8-4-3-5-9-17)21(26)12-14-24-19-11-7-6-10-18(19)20(25)15-22-24/h3-11,15H,2,12-14,16H2,1H3. The minimum absolute atomic E-state index is 0.0973. The average Bonchev–Trinajstić information content (AvgIpc) is 2.68. The van der Waals surface area contributed by atoms with E-state index in [2.05, 4.69) is 12.0 Å². The van der Waals surface area contributed by atoms with E-state index in [1.54, 1.807) is 10.7 Å². The van der Waals surface area contributed by atoms with Gasteiger partial charge in [-0.25, -0.2) is 0 Å². The third-order valence-corrected chi connectivity index (χ3v) is 4.36. The monoisotopic (exact) mass is 349 g/mol. The molecule has 3 rings (SSSR count). The highest BCUT2D eigenvalue weighted by Crippen LogP contribution is 2.11. The molecular formula is C21H23N3O2. The molecule has 0 saturated heterocycles. The van der Waals surface area contributed by atoms with Gasteiger partial charge in [0.2, 0.25) is 11.3 Å². The summed E-state index contributed by atoms with van der Waals surface area (Å²) in [6.45, 7) is 3.87. The SMILES string of the molecule is CCCN(Cc1ccccc1)C(=O)CCn1ncc(=O)c2ccccc21. The quantitative estimate of drug-likeness (QED) is 0.658. The number of amides is 1. The van der Waals surface area contributed by atoms with Crippen molar-refractivity contribution in [2.24, 2.45) is 0 Å². The van der Waals surface area contributed by atoms with Crippen LogP contribution >= 0.6 is 0 Å². The Morgan fingerprint density at radius 2 is 1.81 bits per heavy atom. The number of benzene rings is 2. The summed E-state index contributed by atoms with van der Waals surface area (Å²) in [7, 11) is 0. The Hall–Kier alpha value is -2.95. The summed E-state index contributed by atoms with van der Waals surface area (Å²) in [5.41, 5.74) is 1.79. The van der Waals surface area contributed by atoms with Crippen molar-refractivity contribution < 1.29 is 4.79 Å². The van der Waals surface area contributed by atoms with Gasteiger partial charge in [0.05, 0.1) is 18.3 Å². The van der Waals surface area contributed by atoms with Crippen molar-refractivity contribution in [3.05, 3.63) is 76.6 Å². The van der Waals surface area contributed by atoms with Gasteiger partial charge in [-0.05, 0) is 24.1 Å². The molecule has 26 heavy (non-hydrogen) atoms. The summed E-state index contributed by atoms with van der Waals surface area (Å²) in [6, 6.07) is 17.4. The lowest BCUT2D eigenvalue weighted by Crippen LogP contribution is -2.32. The minimum atomic E-state index is -0.0973. The Kier molecular flexibility index (Phi) is 5.79. The zero-order valence-corrected chi connectivity index (χ0v) is 15.0. The summed E-state index contributed by atoms with van der Waals surface area (Å²) < 4.78 is 1.74. The van der Waals surface area contributed by atoms with Crippen LogP contribution in [0.15, 0.2) is 65.6 Å². The first kappa shape index (κ1) is 17.9. The summed E-state index contributed by atoms with van der Waals surface area (Å²) in [5, 5.41) is 4.83. The second kappa shape index (κ2) is 8.43. The van der Waals surface area contributed by atoms with Gasteiger partial charge < -0.3 is 4.90 Å². The van der Waals surface area contributed by atoms with Crippen LogP contribution in [0.3, 0.4) is 0 Å². The molecule has 1 aromatic heterocycles. The first-order chi connectivity index (χ1) is 12.7. The van der Waals surface area contributed by atoms with Crippen LogP contribution in [0, 0.1) is 0 Å². The number of carbonyl (C=O) groups is 1. The molecule has 2 aromatic carbocycles. The largest absolute Gasteiger partial charge is 0.338 e. The number of hydrogen-bond acceptors (Lipinski definition) is 3. The number of rotatable bonds is 7. The molecule has 0 bridgehead atoms. The predicted octanol–water partition coefficient (Wildman–Crippen LogP) is 3.23. The van der Waals surface area contributed by atoms with Crippen molar-refractivity contribution in [1.29, 1.82) is 0 Å². The van der Waals surface area contributed by atoms with E-state index in [9.17, 15) is 9.59 Å². The fourth-order valence-electron chi connectivity index (χ4n) is 3.06. The number of carbonyl (C=O) groups excluding carboxylic acids is 1. The van der Waals surface area contributed by atoms with Crippen molar-refractivity contribution in [2.75, 3.05) is 6.54 Å². The summed E-state index contributed by atoms with van der Waals surface area (Å²) in [6.07, 6.45) is 2.59. The fourth-order valence-corrected chi connectivity index (χ4v) is 3.06. The number of para-hydroxylation sites is 1. The summed E-state index contributed by atoms with van der Waals surface area (Å²) in [5.74, 6) is 0.0975. The molecule has 0 saturated carbocycles. The Bertz CT molecular complexity index is 935. The fraction of sp³-hybridized carbons (Fsp3) is 0.286. The lowest BCUT2D eigenvalue weighted by Gasteiger charge is -2.22. The molecular weight excluding hydrogens is 326 g/mol.